The first kappa shape index (κ1) is 20.8. The molecule has 164 valence electrons. The molecule has 0 unspecified atom stereocenters. The molecule has 2 aromatic carbocycles. The van der Waals surface area contributed by atoms with Crippen molar-refractivity contribution in [3.63, 3.8) is 0 Å². The molecule has 1 aliphatic heterocycles. The number of fused-ring (bicyclic) bond motifs is 3. The number of rotatable bonds is 2. The molecule has 3 aromatic rings. The average molecular weight is 446 g/mol. The molecular formula is C26H27N3O2S. The Balaban J connectivity index is 1.62. The molecule has 0 fully saturated rings. The number of thiophene rings is 1. The smallest absolute Gasteiger partial charge is 0.316 e. The maximum atomic E-state index is 13.7. The molecule has 1 atom stereocenters. The minimum absolute atomic E-state index is 0.00638. The van der Waals surface area contributed by atoms with Gasteiger partial charge in [-0.3, -0.25) is 4.79 Å². The van der Waals surface area contributed by atoms with E-state index in [1.54, 1.807) is 16.2 Å². The first-order chi connectivity index (χ1) is 15.5. The van der Waals surface area contributed by atoms with Crippen molar-refractivity contribution in [2.45, 2.75) is 45.6 Å². The maximum Gasteiger partial charge on any atom is 0.323 e. The maximum absolute atomic E-state index is 13.7. The summed E-state index contributed by atoms with van der Waals surface area (Å²) in [6.07, 6.45) is 4.35. The van der Waals surface area contributed by atoms with E-state index in [9.17, 15) is 9.59 Å². The zero-order valence-corrected chi connectivity index (χ0v) is 19.2. The van der Waals surface area contributed by atoms with Crippen LogP contribution in [0.3, 0.4) is 0 Å². The average Bonchev–Trinajstić information content (AvgIpc) is 3.06. The predicted octanol–water partition coefficient (Wildman–Crippen LogP) is 5.82. The van der Waals surface area contributed by atoms with Gasteiger partial charge in [0.2, 0.25) is 5.91 Å². The van der Waals surface area contributed by atoms with E-state index in [1.807, 2.05) is 50.2 Å². The SMILES string of the molecule is Cc1ccc(C)c(NC(=O)N2CC(=O)Nc3sc4c(c3[C@H]2c2ccccc2)CCCC4)c1. The first-order valence-corrected chi connectivity index (χ1v) is 12.0. The minimum Gasteiger partial charge on any atom is -0.316 e. The highest BCUT2D eigenvalue weighted by atomic mass is 32.1. The first-order valence-electron chi connectivity index (χ1n) is 11.2. The van der Waals surface area contributed by atoms with Crippen LogP contribution in [-0.2, 0) is 17.6 Å². The van der Waals surface area contributed by atoms with Crippen molar-refractivity contribution >= 4 is 34.0 Å². The van der Waals surface area contributed by atoms with Crippen LogP contribution in [0.5, 0.6) is 0 Å². The van der Waals surface area contributed by atoms with Gasteiger partial charge in [-0.2, -0.15) is 0 Å². The van der Waals surface area contributed by atoms with Gasteiger partial charge < -0.3 is 15.5 Å². The molecule has 1 aromatic heterocycles. The van der Waals surface area contributed by atoms with Gasteiger partial charge in [0, 0.05) is 16.1 Å². The topological polar surface area (TPSA) is 61.4 Å². The number of anilines is 2. The molecule has 5 rings (SSSR count). The lowest BCUT2D eigenvalue weighted by molar-refractivity contribution is -0.116. The minimum atomic E-state index is -0.312. The number of benzene rings is 2. The lowest BCUT2D eigenvalue weighted by Gasteiger charge is -2.31. The van der Waals surface area contributed by atoms with Gasteiger partial charge >= 0.3 is 6.03 Å². The summed E-state index contributed by atoms with van der Waals surface area (Å²) in [5.41, 5.74) is 6.28. The summed E-state index contributed by atoms with van der Waals surface area (Å²) in [6, 6.07) is 15.5. The summed E-state index contributed by atoms with van der Waals surface area (Å²) in [5.74, 6) is -0.153. The third-order valence-electron chi connectivity index (χ3n) is 6.38. The molecule has 2 aliphatic rings. The van der Waals surface area contributed by atoms with Crippen LogP contribution in [0.2, 0.25) is 0 Å². The van der Waals surface area contributed by atoms with E-state index < -0.39 is 0 Å². The van der Waals surface area contributed by atoms with E-state index in [2.05, 4.69) is 22.8 Å². The standard InChI is InChI=1S/C26H27N3O2S/c1-16-12-13-17(2)20(14-16)27-26(31)29-15-22(30)28-25-23(19-10-6-7-11-21(19)32-25)24(29)18-8-4-3-5-9-18/h3-5,8-9,12-14,24H,6-7,10-11,15H2,1-2H3,(H,27,31)(H,28,30)/t24-/m1/s1. The summed E-state index contributed by atoms with van der Waals surface area (Å²) >= 11 is 1.69. The Morgan fingerprint density at radius 2 is 1.88 bits per heavy atom. The van der Waals surface area contributed by atoms with Crippen molar-refractivity contribution in [3.8, 4) is 0 Å². The third-order valence-corrected chi connectivity index (χ3v) is 7.60. The number of hydrogen-bond donors (Lipinski definition) is 2. The second kappa shape index (κ2) is 8.43. The van der Waals surface area contributed by atoms with Gasteiger partial charge in [-0.1, -0.05) is 42.5 Å². The molecule has 0 spiro atoms. The number of nitrogens with one attached hydrogen (secondary N) is 2. The van der Waals surface area contributed by atoms with E-state index >= 15 is 0 Å². The number of aryl methyl sites for hydroxylation is 3. The number of amides is 3. The van der Waals surface area contributed by atoms with E-state index in [0.29, 0.717) is 0 Å². The van der Waals surface area contributed by atoms with Gasteiger partial charge in [0.25, 0.3) is 0 Å². The van der Waals surface area contributed by atoms with Crippen LogP contribution in [0, 0.1) is 13.8 Å². The van der Waals surface area contributed by atoms with Gasteiger partial charge in [0.05, 0.1) is 6.04 Å². The van der Waals surface area contributed by atoms with Gasteiger partial charge in [0.1, 0.15) is 11.5 Å². The monoisotopic (exact) mass is 445 g/mol. The molecular weight excluding hydrogens is 418 g/mol. The highest BCUT2D eigenvalue weighted by Crippen LogP contribution is 2.46. The Labute approximate surface area is 192 Å². The van der Waals surface area contributed by atoms with E-state index in [0.717, 1.165) is 52.2 Å². The number of urea groups is 1. The Morgan fingerprint density at radius 3 is 2.69 bits per heavy atom. The largest absolute Gasteiger partial charge is 0.323 e. The number of hydrogen-bond acceptors (Lipinski definition) is 3. The van der Waals surface area contributed by atoms with E-state index in [4.69, 9.17) is 0 Å². The van der Waals surface area contributed by atoms with Gasteiger partial charge in [-0.25, -0.2) is 4.79 Å². The van der Waals surface area contributed by atoms with E-state index in [1.165, 1.54) is 16.9 Å². The Hall–Kier alpha value is -3.12. The predicted molar refractivity (Wildman–Crippen MR) is 130 cm³/mol. The Bertz CT molecular complexity index is 1190. The fourth-order valence-electron chi connectivity index (χ4n) is 4.77. The lowest BCUT2D eigenvalue weighted by Crippen LogP contribution is -2.42. The zero-order chi connectivity index (χ0) is 22.2. The molecule has 1 aliphatic carbocycles. The summed E-state index contributed by atoms with van der Waals surface area (Å²) in [5, 5.41) is 7.09. The molecule has 0 radical (unpaired) electrons. The molecule has 5 nitrogen and oxygen atoms in total. The fourth-order valence-corrected chi connectivity index (χ4v) is 6.11. The second-order valence-electron chi connectivity index (χ2n) is 8.69. The highest BCUT2D eigenvalue weighted by Gasteiger charge is 2.37. The molecule has 2 N–H and O–H groups in total. The van der Waals surface area contributed by atoms with Crippen molar-refractivity contribution in [1.82, 2.24) is 4.90 Å². The lowest BCUT2D eigenvalue weighted by atomic mass is 9.89. The second-order valence-corrected chi connectivity index (χ2v) is 9.80. The molecule has 32 heavy (non-hydrogen) atoms. The summed E-state index contributed by atoms with van der Waals surface area (Å²) in [4.78, 5) is 29.6. The molecule has 0 bridgehead atoms. The van der Waals surface area contributed by atoms with Gasteiger partial charge in [-0.05, 0) is 67.9 Å². The normalized spacial score (nSPS) is 17.8. The molecule has 3 amide bonds. The van der Waals surface area contributed by atoms with Crippen molar-refractivity contribution in [1.29, 1.82) is 0 Å². The van der Waals surface area contributed by atoms with Crippen molar-refractivity contribution in [2.75, 3.05) is 17.2 Å². The van der Waals surface area contributed by atoms with Crippen LogP contribution >= 0.6 is 11.3 Å². The number of nitrogens with zero attached hydrogens (tertiary/aromatic N) is 1. The van der Waals surface area contributed by atoms with Crippen molar-refractivity contribution < 1.29 is 9.59 Å². The quantitative estimate of drug-likeness (QED) is 0.522. The summed E-state index contributed by atoms with van der Waals surface area (Å²) < 4.78 is 0. The van der Waals surface area contributed by atoms with Crippen LogP contribution in [0.4, 0.5) is 15.5 Å². The van der Waals surface area contributed by atoms with Crippen LogP contribution in [-0.4, -0.2) is 23.4 Å². The summed E-state index contributed by atoms with van der Waals surface area (Å²) in [7, 11) is 0. The third kappa shape index (κ3) is 3.79. The van der Waals surface area contributed by atoms with Gasteiger partial charge in [-0.15, -0.1) is 11.3 Å². The van der Waals surface area contributed by atoms with Crippen molar-refractivity contribution in [3.05, 3.63) is 81.2 Å². The molecule has 0 saturated heterocycles. The van der Waals surface area contributed by atoms with Crippen LogP contribution in [0.15, 0.2) is 48.5 Å². The zero-order valence-electron chi connectivity index (χ0n) is 18.4. The number of carbonyl (C=O) groups excluding carboxylic acids is 2. The molecule has 6 heteroatoms. The van der Waals surface area contributed by atoms with Crippen LogP contribution in [0.25, 0.3) is 0 Å². The highest BCUT2D eigenvalue weighted by molar-refractivity contribution is 7.16. The molecule has 0 saturated carbocycles. The van der Waals surface area contributed by atoms with Crippen LogP contribution in [0.1, 0.15) is 51.6 Å². The van der Waals surface area contributed by atoms with Crippen molar-refractivity contribution in [2.24, 2.45) is 0 Å². The molecule has 2 heterocycles. The Kier molecular flexibility index (Phi) is 5.47. The Morgan fingerprint density at radius 1 is 1.09 bits per heavy atom. The van der Waals surface area contributed by atoms with E-state index in [-0.39, 0.29) is 24.5 Å². The van der Waals surface area contributed by atoms with Gasteiger partial charge in [0.15, 0.2) is 0 Å². The van der Waals surface area contributed by atoms with Crippen LogP contribution < -0.4 is 10.6 Å². The summed E-state index contributed by atoms with van der Waals surface area (Å²) in [6.45, 7) is 3.99. The number of carbonyl (C=O) groups is 2. The fraction of sp³-hybridized carbons (Fsp3) is 0.308.